The molecule has 1 saturated carbocycles. The first-order valence-corrected chi connectivity index (χ1v) is 7.63. The summed E-state index contributed by atoms with van der Waals surface area (Å²) < 4.78 is 0. The van der Waals surface area contributed by atoms with Crippen molar-refractivity contribution in [3.05, 3.63) is 0 Å². The normalized spacial score (nSPS) is 40.7. The van der Waals surface area contributed by atoms with Gasteiger partial charge in [-0.25, -0.2) is 0 Å². The highest BCUT2D eigenvalue weighted by Crippen LogP contribution is 2.30. The number of amides is 1. The predicted octanol–water partition coefficient (Wildman–Crippen LogP) is 2.46. The lowest BCUT2D eigenvalue weighted by Gasteiger charge is -2.36. The van der Waals surface area contributed by atoms with Crippen molar-refractivity contribution in [2.75, 3.05) is 6.54 Å². The van der Waals surface area contributed by atoms with Crippen LogP contribution in [0.5, 0.6) is 0 Å². The summed E-state index contributed by atoms with van der Waals surface area (Å²) in [4.78, 5) is 12.5. The zero-order valence-corrected chi connectivity index (χ0v) is 12.1. The lowest BCUT2D eigenvalue weighted by molar-refractivity contribution is -0.128. The summed E-state index contributed by atoms with van der Waals surface area (Å²) >= 11 is 0. The average Bonchev–Trinajstić information content (AvgIpc) is 2.82. The zero-order valence-electron chi connectivity index (χ0n) is 12.1. The molecule has 4 unspecified atom stereocenters. The number of carbonyl (C=O) groups is 1. The summed E-state index contributed by atoms with van der Waals surface area (Å²) in [6.07, 6.45) is 6.66. The second-order valence-electron chi connectivity index (χ2n) is 6.44. The first kappa shape index (κ1) is 13.9. The third-order valence-electron chi connectivity index (χ3n) is 5.03. The standard InChI is InChI=1S/C15H28N2O/c1-4-15(8-5-9-16-15)14(18)17-13-7-6-11(2)10-12(13)3/h11-13,16H,4-10H2,1-3H3,(H,17,18). The molecule has 1 amide bonds. The first-order chi connectivity index (χ1) is 8.57. The van der Waals surface area contributed by atoms with E-state index in [0.717, 1.165) is 38.1 Å². The van der Waals surface area contributed by atoms with Gasteiger partial charge in [0.1, 0.15) is 0 Å². The van der Waals surface area contributed by atoms with Crippen molar-refractivity contribution in [1.29, 1.82) is 0 Å². The molecule has 1 heterocycles. The van der Waals surface area contributed by atoms with Crippen LogP contribution >= 0.6 is 0 Å². The Kier molecular flexibility index (Phi) is 4.31. The molecule has 3 nitrogen and oxygen atoms in total. The van der Waals surface area contributed by atoms with E-state index in [-0.39, 0.29) is 11.4 Å². The molecule has 0 bridgehead atoms. The second kappa shape index (κ2) is 5.60. The van der Waals surface area contributed by atoms with Gasteiger partial charge in [-0.15, -0.1) is 0 Å². The van der Waals surface area contributed by atoms with Crippen molar-refractivity contribution in [2.24, 2.45) is 11.8 Å². The van der Waals surface area contributed by atoms with Gasteiger partial charge in [0.25, 0.3) is 0 Å². The van der Waals surface area contributed by atoms with Crippen molar-refractivity contribution in [3.8, 4) is 0 Å². The zero-order chi connectivity index (χ0) is 13.2. The highest BCUT2D eigenvalue weighted by Gasteiger charge is 2.40. The smallest absolute Gasteiger partial charge is 0.240 e. The van der Waals surface area contributed by atoms with Crippen LogP contribution in [0.15, 0.2) is 0 Å². The maximum absolute atomic E-state index is 12.5. The molecule has 0 aromatic heterocycles. The minimum atomic E-state index is -0.275. The van der Waals surface area contributed by atoms with Gasteiger partial charge in [-0.3, -0.25) is 4.79 Å². The molecular weight excluding hydrogens is 224 g/mol. The van der Waals surface area contributed by atoms with Gasteiger partial charge in [-0.2, -0.15) is 0 Å². The number of rotatable bonds is 3. The maximum atomic E-state index is 12.5. The van der Waals surface area contributed by atoms with Gasteiger partial charge in [0, 0.05) is 6.04 Å². The van der Waals surface area contributed by atoms with Crippen LogP contribution in [0.25, 0.3) is 0 Å². The van der Waals surface area contributed by atoms with Crippen LogP contribution in [0.3, 0.4) is 0 Å². The van der Waals surface area contributed by atoms with Gasteiger partial charge in [0.2, 0.25) is 5.91 Å². The molecule has 0 radical (unpaired) electrons. The highest BCUT2D eigenvalue weighted by atomic mass is 16.2. The van der Waals surface area contributed by atoms with Crippen molar-refractivity contribution in [3.63, 3.8) is 0 Å². The summed E-state index contributed by atoms with van der Waals surface area (Å²) in [5.41, 5.74) is -0.275. The molecule has 4 atom stereocenters. The Bertz CT molecular complexity index is 297. The van der Waals surface area contributed by atoms with Crippen molar-refractivity contribution < 1.29 is 4.79 Å². The van der Waals surface area contributed by atoms with E-state index in [4.69, 9.17) is 0 Å². The van der Waals surface area contributed by atoms with Crippen LogP contribution in [-0.4, -0.2) is 24.0 Å². The van der Waals surface area contributed by atoms with Crippen molar-refractivity contribution in [1.82, 2.24) is 10.6 Å². The van der Waals surface area contributed by atoms with E-state index in [0.29, 0.717) is 12.0 Å². The molecule has 1 aliphatic carbocycles. The van der Waals surface area contributed by atoms with Gasteiger partial charge >= 0.3 is 0 Å². The van der Waals surface area contributed by atoms with E-state index >= 15 is 0 Å². The van der Waals surface area contributed by atoms with E-state index < -0.39 is 0 Å². The van der Waals surface area contributed by atoms with Crippen LogP contribution in [0, 0.1) is 11.8 Å². The molecule has 2 rings (SSSR count). The van der Waals surface area contributed by atoms with Crippen LogP contribution in [0.1, 0.15) is 59.3 Å². The molecule has 1 aliphatic heterocycles. The summed E-state index contributed by atoms with van der Waals surface area (Å²) in [5.74, 6) is 1.68. The van der Waals surface area contributed by atoms with Gasteiger partial charge in [0.15, 0.2) is 0 Å². The first-order valence-electron chi connectivity index (χ1n) is 7.63. The Morgan fingerprint density at radius 3 is 2.72 bits per heavy atom. The molecule has 2 fully saturated rings. The van der Waals surface area contributed by atoms with Crippen molar-refractivity contribution >= 4 is 5.91 Å². The highest BCUT2D eigenvalue weighted by molar-refractivity contribution is 5.86. The lowest BCUT2D eigenvalue weighted by atomic mass is 9.79. The van der Waals surface area contributed by atoms with E-state index in [2.05, 4.69) is 31.4 Å². The Morgan fingerprint density at radius 1 is 1.39 bits per heavy atom. The Morgan fingerprint density at radius 2 is 2.17 bits per heavy atom. The average molecular weight is 252 g/mol. The number of hydrogen-bond donors (Lipinski definition) is 2. The predicted molar refractivity (Wildman–Crippen MR) is 74.4 cm³/mol. The number of nitrogens with one attached hydrogen (secondary N) is 2. The minimum Gasteiger partial charge on any atom is -0.351 e. The molecule has 104 valence electrons. The van der Waals surface area contributed by atoms with Crippen LogP contribution < -0.4 is 10.6 Å². The molecule has 2 N–H and O–H groups in total. The summed E-state index contributed by atoms with van der Waals surface area (Å²) in [5, 5.41) is 6.74. The Labute approximate surface area is 111 Å². The number of carbonyl (C=O) groups excluding carboxylic acids is 1. The van der Waals surface area contributed by atoms with Gasteiger partial charge in [0.05, 0.1) is 5.54 Å². The van der Waals surface area contributed by atoms with Gasteiger partial charge in [-0.05, 0) is 56.9 Å². The Balaban J connectivity index is 1.94. The fourth-order valence-electron chi connectivity index (χ4n) is 3.65. The molecule has 0 aromatic carbocycles. The van der Waals surface area contributed by atoms with E-state index in [1.54, 1.807) is 0 Å². The van der Waals surface area contributed by atoms with E-state index in [9.17, 15) is 4.79 Å². The molecule has 0 aromatic rings. The topological polar surface area (TPSA) is 41.1 Å². The molecular formula is C15H28N2O. The Hall–Kier alpha value is -0.570. The SMILES string of the molecule is CCC1(C(=O)NC2CCC(C)CC2C)CCCN1. The third-order valence-corrected chi connectivity index (χ3v) is 5.03. The largest absolute Gasteiger partial charge is 0.351 e. The quantitative estimate of drug-likeness (QED) is 0.810. The number of hydrogen-bond acceptors (Lipinski definition) is 2. The summed E-state index contributed by atoms with van der Waals surface area (Å²) in [6, 6.07) is 0.388. The maximum Gasteiger partial charge on any atom is 0.240 e. The summed E-state index contributed by atoms with van der Waals surface area (Å²) in [7, 11) is 0. The molecule has 1 saturated heterocycles. The van der Waals surface area contributed by atoms with Gasteiger partial charge < -0.3 is 10.6 Å². The fourth-order valence-corrected chi connectivity index (χ4v) is 3.65. The van der Waals surface area contributed by atoms with Gasteiger partial charge in [-0.1, -0.05) is 20.8 Å². The summed E-state index contributed by atoms with van der Waals surface area (Å²) in [6.45, 7) is 7.70. The third kappa shape index (κ3) is 2.71. The lowest BCUT2D eigenvalue weighted by Crippen LogP contribution is -2.57. The van der Waals surface area contributed by atoms with Crippen LogP contribution in [-0.2, 0) is 4.79 Å². The molecule has 0 spiro atoms. The van der Waals surface area contributed by atoms with E-state index in [1.807, 2.05) is 0 Å². The molecule has 3 heteroatoms. The van der Waals surface area contributed by atoms with Crippen LogP contribution in [0.4, 0.5) is 0 Å². The molecule has 18 heavy (non-hydrogen) atoms. The monoisotopic (exact) mass is 252 g/mol. The second-order valence-corrected chi connectivity index (χ2v) is 6.44. The fraction of sp³-hybridized carbons (Fsp3) is 0.933. The van der Waals surface area contributed by atoms with Crippen molar-refractivity contribution in [2.45, 2.75) is 70.9 Å². The minimum absolute atomic E-state index is 0.244. The van der Waals surface area contributed by atoms with E-state index in [1.165, 1.54) is 12.8 Å². The molecule has 2 aliphatic rings. The van der Waals surface area contributed by atoms with Crippen LogP contribution in [0.2, 0.25) is 0 Å².